The first-order chi connectivity index (χ1) is 11.3. The zero-order chi connectivity index (χ0) is 15.6. The molecule has 24 heavy (non-hydrogen) atoms. The lowest BCUT2D eigenvalue weighted by molar-refractivity contribution is 0.149. The van der Waals surface area contributed by atoms with Crippen LogP contribution < -0.4 is 5.32 Å². The molecule has 1 aromatic carbocycles. The van der Waals surface area contributed by atoms with Gasteiger partial charge in [-0.2, -0.15) is 0 Å². The molecule has 0 spiro atoms. The molecule has 3 aromatic rings. The van der Waals surface area contributed by atoms with Crippen LogP contribution in [0, 0.1) is 0 Å². The summed E-state index contributed by atoms with van der Waals surface area (Å²) in [6, 6.07) is 12.9. The monoisotopic (exact) mass is 343 g/mol. The summed E-state index contributed by atoms with van der Waals surface area (Å²) in [5, 5.41) is 3.50. The average molecular weight is 344 g/mol. The molecule has 5 nitrogen and oxygen atoms in total. The Kier molecular flexibility index (Phi) is 5.14. The van der Waals surface area contributed by atoms with Crippen LogP contribution in [0.15, 0.2) is 48.8 Å². The van der Waals surface area contributed by atoms with E-state index in [1.807, 2.05) is 18.5 Å². The van der Waals surface area contributed by atoms with Crippen molar-refractivity contribution in [2.45, 2.75) is 12.6 Å². The number of imidazole rings is 1. The van der Waals surface area contributed by atoms with E-state index in [9.17, 15) is 0 Å². The predicted octanol–water partition coefficient (Wildman–Crippen LogP) is 2.54. The normalized spacial score (nSPS) is 18.5. The summed E-state index contributed by atoms with van der Waals surface area (Å²) in [5.41, 5.74) is 3.57. The summed E-state index contributed by atoms with van der Waals surface area (Å²) in [4.78, 5) is 11.5. The van der Waals surface area contributed by atoms with Crippen molar-refractivity contribution in [1.82, 2.24) is 24.8 Å². The maximum absolute atomic E-state index is 4.82. The number of pyridine rings is 1. The van der Waals surface area contributed by atoms with Crippen LogP contribution in [0.5, 0.6) is 0 Å². The number of rotatable bonds is 3. The van der Waals surface area contributed by atoms with E-state index in [0.29, 0.717) is 6.04 Å². The summed E-state index contributed by atoms with van der Waals surface area (Å²) in [6.45, 7) is 3.87. The molecule has 3 heterocycles. The van der Waals surface area contributed by atoms with Gasteiger partial charge in [0.05, 0.1) is 17.6 Å². The van der Waals surface area contributed by atoms with E-state index >= 15 is 0 Å². The fourth-order valence-corrected chi connectivity index (χ4v) is 3.37. The van der Waals surface area contributed by atoms with Gasteiger partial charge in [0.1, 0.15) is 5.82 Å². The summed E-state index contributed by atoms with van der Waals surface area (Å²) < 4.78 is 2.21. The van der Waals surface area contributed by atoms with Gasteiger partial charge in [-0.25, -0.2) is 4.98 Å². The smallest absolute Gasteiger partial charge is 0.123 e. The predicted molar refractivity (Wildman–Crippen MR) is 98.2 cm³/mol. The van der Waals surface area contributed by atoms with Crippen LogP contribution in [0.4, 0.5) is 0 Å². The number of halogens is 1. The molecule has 0 bridgehead atoms. The highest BCUT2D eigenvalue weighted by molar-refractivity contribution is 5.85. The summed E-state index contributed by atoms with van der Waals surface area (Å²) in [6.07, 6.45) is 3.74. The molecule has 1 saturated heterocycles. The van der Waals surface area contributed by atoms with Crippen molar-refractivity contribution >= 4 is 23.4 Å². The van der Waals surface area contributed by atoms with Gasteiger partial charge in [0.25, 0.3) is 0 Å². The Morgan fingerprint density at radius 1 is 1.17 bits per heavy atom. The molecule has 1 unspecified atom stereocenters. The molecule has 0 aliphatic carbocycles. The van der Waals surface area contributed by atoms with Crippen molar-refractivity contribution in [1.29, 1.82) is 0 Å². The van der Waals surface area contributed by atoms with Crippen molar-refractivity contribution < 1.29 is 0 Å². The van der Waals surface area contributed by atoms with Crippen molar-refractivity contribution in [3.8, 4) is 0 Å². The molecule has 6 heteroatoms. The third-order valence-corrected chi connectivity index (χ3v) is 4.67. The molecule has 1 atom stereocenters. The zero-order valence-corrected chi connectivity index (χ0v) is 14.5. The molecule has 1 aliphatic rings. The Labute approximate surface area is 148 Å². The summed E-state index contributed by atoms with van der Waals surface area (Å²) in [5.74, 6) is 1.12. The Morgan fingerprint density at radius 3 is 2.75 bits per heavy atom. The minimum absolute atomic E-state index is 0. The third kappa shape index (κ3) is 3.15. The number of fused-ring (bicyclic) bond motifs is 1. The number of nitrogens with one attached hydrogen (secondary N) is 1. The minimum Gasteiger partial charge on any atom is -0.330 e. The van der Waals surface area contributed by atoms with Crippen molar-refractivity contribution in [3.63, 3.8) is 0 Å². The summed E-state index contributed by atoms with van der Waals surface area (Å²) in [7, 11) is 2.11. The molecule has 1 aliphatic heterocycles. The first kappa shape index (κ1) is 16.9. The average Bonchev–Trinajstić information content (AvgIpc) is 2.92. The number of hydrogen-bond donors (Lipinski definition) is 1. The quantitative estimate of drug-likeness (QED) is 0.794. The van der Waals surface area contributed by atoms with Crippen LogP contribution in [0.25, 0.3) is 11.0 Å². The van der Waals surface area contributed by atoms with E-state index in [2.05, 4.69) is 57.1 Å². The molecular formula is C18H22ClN5. The molecular weight excluding hydrogens is 322 g/mol. The largest absolute Gasteiger partial charge is 0.330 e. The minimum atomic E-state index is 0. The highest BCUT2D eigenvalue weighted by Crippen LogP contribution is 2.24. The van der Waals surface area contributed by atoms with Gasteiger partial charge in [-0.05, 0) is 29.8 Å². The van der Waals surface area contributed by atoms with Crippen LogP contribution in [-0.2, 0) is 13.6 Å². The van der Waals surface area contributed by atoms with Gasteiger partial charge in [-0.1, -0.05) is 12.1 Å². The van der Waals surface area contributed by atoms with Gasteiger partial charge in [0.15, 0.2) is 0 Å². The van der Waals surface area contributed by atoms with Crippen LogP contribution in [0.2, 0.25) is 0 Å². The number of nitrogens with zero attached hydrogens (tertiary/aromatic N) is 4. The van der Waals surface area contributed by atoms with Crippen molar-refractivity contribution in [3.05, 3.63) is 60.2 Å². The SMILES string of the molecule is Cl.Cn1c(CN2CCNCC2c2ccncc2)nc2ccccc21. The molecule has 1 N–H and O–H groups in total. The Bertz CT molecular complexity index is 802. The summed E-state index contributed by atoms with van der Waals surface area (Å²) >= 11 is 0. The second-order valence-corrected chi connectivity index (χ2v) is 6.05. The van der Waals surface area contributed by atoms with E-state index in [-0.39, 0.29) is 12.4 Å². The van der Waals surface area contributed by atoms with E-state index in [1.54, 1.807) is 0 Å². The molecule has 0 amide bonds. The van der Waals surface area contributed by atoms with E-state index in [1.165, 1.54) is 11.1 Å². The Morgan fingerprint density at radius 2 is 1.96 bits per heavy atom. The lowest BCUT2D eigenvalue weighted by Crippen LogP contribution is -2.45. The zero-order valence-electron chi connectivity index (χ0n) is 13.7. The maximum atomic E-state index is 4.82. The highest BCUT2D eigenvalue weighted by atomic mass is 35.5. The molecule has 0 saturated carbocycles. The van der Waals surface area contributed by atoms with E-state index in [0.717, 1.165) is 37.5 Å². The lowest BCUT2D eigenvalue weighted by atomic mass is 10.0. The van der Waals surface area contributed by atoms with Gasteiger partial charge in [0.2, 0.25) is 0 Å². The Hall–Kier alpha value is -1.95. The number of benzene rings is 1. The Balaban J connectivity index is 0.00000169. The van der Waals surface area contributed by atoms with Crippen LogP contribution >= 0.6 is 12.4 Å². The van der Waals surface area contributed by atoms with E-state index < -0.39 is 0 Å². The number of piperazine rings is 1. The van der Waals surface area contributed by atoms with E-state index in [4.69, 9.17) is 4.98 Å². The van der Waals surface area contributed by atoms with Crippen LogP contribution in [0.3, 0.4) is 0 Å². The van der Waals surface area contributed by atoms with Crippen molar-refractivity contribution in [2.75, 3.05) is 19.6 Å². The first-order valence-corrected chi connectivity index (χ1v) is 8.08. The fraction of sp³-hybridized carbons (Fsp3) is 0.333. The van der Waals surface area contributed by atoms with Gasteiger partial charge in [0, 0.05) is 45.1 Å². The lowest BCUT2D eigenvalue weighted by Gasteiger charge is -2.36. The number of hydrogen-bond acceptors (Lipinski definition) is 4. The fourth-order valence-electron chi connectivity index (χ4n) is 3.37. The number of aryl methyl sites for hydroxylation is 1. The van der Waals surface area contributed by atoms with Crippen molar-refractivity contribution in [2.24, 2.45) is 7.05 Å². The standard InChI is InChI=1S/C18H21N5.ClH/c1-22-16-5-3-2-4-15(16)21-18(22)13-23-11-10-20-12-17(23)14-6-8-19-9-7-14;/h2-9,17,20H,10-13H2,1H3;1H. The van der Waals surface area contributed by atoms with Gasteiger partial charge >= 0.3 is 0 Å². The molecule has 1 fully saturated rings. The van der Waals surface area contributed by atoms with Crippen LogP contribution in [-0.4, -0.2) is 39.1 Å². The van der Waals surface area contributed by atoms with Crippen LogP contribution in [0.1, 0.15) is 17.4 Å². The second-order valence-electron chi connectivity index (χ2n) is 6.05. The number of aromatic nitrogens is 3. The number of para-hydroxylation sites is 2. The van der Waals surface area contributed by atoms with Gasteiger partial charge < -0.3 is 9.88 Å². The first-order valence-electron chi connectivity index (χ1n) is 8.08. The highest BCUT2D eigenvalue weighted by Gasteiger charge is 2.25. The molecule has 0 radical (unpaired) electrons. The van der Waals surface area contributed by atoms with Gasteiger partial charge in [-0.15, -0.1) is 12.4 Å². The third-order valence-electron chi connectivity index (χ3n) is 4.67. The second kappa shape index (κ2) is 7.30. The molecule has 4 rings (SSSR count). The maximum Gasteiger partial charge on any atom is 0.123 e. The van der Waals surface area contributed by atoms with Gasteiger partial charge in [-0.3, -0.25) is 9.88 Å². The molecule has 2 aromatic heterocycles. The topological polar surface area (TPSA) is 46.0 Å². The molecule has 126 valence electrons.